The molecule has 0 atom stereocenters. The third-order valence-electron chi connectivity index (χ3n) is 0.454. The predicted octanol–water partition coefficient (Wildman–Crippen LogP) is 0.0824. The zero-order valence-corrected chi connectivity index (χ0v) is 6.07. The van der Waals surface area contributed by atoms with Crippen LogP contribution in [0.2, 0.25) is 0 Å². The van der Waals surface area contributed by atoms with E-state index in [1.54, 1.807) is 13.2 Å². The summed E-state index contributed by atoms with van der Waals surface area (Å²) in [5.74, 6) is -0.961. The van der Waals surface area contributed by atoms with Crippen LogP contribution in [0.5, 0.6) is 0 Å². The van der Waals surface area contributed by atoms with Crippen molar-refractivity contribution >= 4 is 18.6 Å². The molecule has 0 heterocycles. The average molecular weight is 135 g/mol. The third-order valence-corrected chi connectivity index (χ3v) is 0.454. The highest BCUT2D eigenvalue weighted by Crippen LogP contribution is 1.79. The predicted molar refractivity (Wildman–Crippen MR) is 34.8 cm³/mol. The summed E-state index contributed by atoms with van der Waals surface area (Å²) in [6, 6.07) is 0. The summed E-state index contributed by atoms with van der Waals surface area (Å²) in [6.45, 7) is 1.80. The SMILES string of the molecule is CCCC(=O)[O-].CS. The highest BCUT2D eigenvalue weighted by atomic mass is 32.1. The summed E-state index contributed by atoms with van der Waals surface area (Å²) in [5, 5.41) is 9.49. The van der Waals surface area contributed by atoms with Crippen LogP contribution in [0.4, 0.5) is 0 Å². The van der Waals surface area contributed by atoms with E-state index in [9.17, 15) is 9.90 Å². The lowest BCUT2D eigenvalue weighted by molar-refractivity contribution is -0.305. The second-order valence-electron chi connectivity index (χ2n) is 1.12. The minimum Gasteiger partial charge on any atom is -0.550 e. The van der Waals surface area contributed by atoms with Gasteiger partial charge < -0.3 is 9.90 Å². The fourth-order valence-corrected chi connectivity index (χ4v) is 0.204. The van der Waals surface area contributed by atoms with Gasteiger partial charge in [-0.1, -0.05) is 13.3 Å². The number of thiol groups is 1. The number of carboxylic acid groups (broad SMARTS) is 1. The van der Waals surface area contributed by atoms with Gasteiger partial charge in [0.05, 0.1) is 0 Å². The zero-order valence-electron chi connectivity index (χ0n) is 5.18. The monoisotopic (exact) mass is 135 g/mol. The van der Waals surface area contributed by atoms with Crippen LogP contribution in [0.3, 0.4) is 0 Å². The van der Waals surface area contributed by atoms with Gasteiger partial charge in [0.1, 0.15) is 0 Å². The van der Waals surface area contributed by atoms with Crippen LogP contribution in [-0.2, 0) is 4.79 Å². The molecule has 0 aromatic carbocycles. The van der Waals surface area contributed by atoms with Crippen LogP contribution >= 0.6 is 12.6 Å². The largest absolute Gasteiger partial charge is 0.550 e. The molecule has 0 spiro atoms. The molecule has 0 aromatic heterocycles. The molecular weight excluding hydrogens is 124 g/mol. The lowest BCUT2D eigenvalue weighted by Crippen LogP contribution is -2.20. The van der Waals surface area contributed by atoms with Crippen molar-refractivity contribution in [3.8, 4) is 0 Å². The van der Waals surface area contributed by atoms with Crippen molar-refractivity contribution in [3.05, 3.63) is 0 Å². The van der Waals surface area contributed by atoms with E-state index in [1.807, 2.05) is 0 Å². The van der Waals surface area contributed by atoms with Crippen LogP contribution in [0.15, 0.2) is 0 Å². The van der Waals surface area contributed by atoms with Gasteiger partial charge in [-0.05, 0) is 12.7 Å². The van der Waals surface area contributed by atoms with E-state index in [0.717, 1.165) is 0 Å². The number of aliphatic carboxylic acids is 1. The molecule has 0 aliphatic rings. The van der Waals surface area contributed by atoms with E-state index in [4.69, 9.17) is 0 Å². The summed E-state index contributed by atoms with van der Waals surface area (Å²) < 4.78 is 0. The van der Waals surface area contributed by atoms with Crippen molar-refractivity contribution in [1.29, 1.82) is 0 Å². The number of carbonyl (C=O) groups excluding carboxylic acids is 1. The van der Waals surface area contributed by atoms with E-state index in [-0.39, 0.29) is 6.42 Å². The normalized spacial score (nSPS) is 6.88. The van der Waals surface area contributed by atoms with Crippen molar-refractivity contribution in [2.24, 2.45) is 0 Å². The van der Waals surface area contributed by atoms with Gasteiger partial charge in [-0.3, -0.25) is 0 Å². The highest BCUT2D eigenvalue weighted by molar-refractivity contribution is 7.79. The maximum atomic E-state index is 9.49. The summed E-state index contributed by atoms with van der Waals surface area (Å²) >= 11 is 3.53. The Balaban J connectivity index is 0. The number of hydrogen-bond acceptors (Lipinski definition) is 3. The van der Waals surface area contributed by atoms with E-state index < -0.39 is 5.97 Å². The topological polar surface area (TPSA) is 40.1 Å². The summed E-state index contributed by atoms with van der Waals surface area (Å²) in [4.78, 5) is 9.49. The smallest absolute Gasteiger partial charge is 0.0414 e. The molecule has 0 saturated heterocycles. The van der Waals surface area contributed by atoms with Crippen LogP contribution in [0.25, 0.3) is 0 Å². The average Bonchev–Trinajstić information content (AvgIpc) is 1.72. The summed E-state index contributed by atoms with van der Waals surface area (Å²) in [7, 11) is 0. The highest BCUT2D eigenvalue weighted by Gasteiger charge is 1.75. The van der Waals surface area contributed by atoms with Gasteiger partial charge >= 0.3 is 0 Å². The van der Waals surface area contributed by atoms with Crippen molar-refractivity contribution in [2.45, 2.75) is 19.8 Å². The van der Waals surface area contributed by atoms with E-state index in [1.165, 1.54) is 0 Å². The number of hydrogen-bond donors (Lipinski definition) is 1. The second kappa shape index (κ2) is 9.94. The zero-order chi connectivity index (χ0) is 6.99. The minimum absolute atomic E-state index is 0.181. The molecular formula is C5H11O2S-. The summed E-state index contributed by atoms with van der Waals surface area (Å²) in [6.07, 6.45) is 2.54. The molecule has 0 bridgehead atoms. The number of rotatable bonds is 2. The Bertz CT molecular complexity index is 54.4. The number of carbonyl (C=O) groups is 1. The van der Waals surface area contributed by atoms with Crippen LogP contribution in [0, 0.1) is 0 Å². The Labute approximate surface area is 55.3 Å². The van der Waals surface area contributed by atoms with E-state index in [2.05, 4.69) is 12.6 Å². The molecule has 0 N–H and O–H groups in total. The van der Waals surface area contributed by atoms with Crippen molar-refractivity contribution in [1.82, 2.24) is 0 Å². The lowest BCUT2D eigenvalue weighted by atomic mass is 10.4. The Morgan fingerprint density at radius 1 is 1.62 bits per heavy atom. The second-order valence-corrected chi connectivity index (χ2v) is 1.12. The quantitative estimate of drug-likeness (QED) is 0.545. The third kappa shape index (κ3) is 17.0. The maximum Gasteiger partial charge on any atom is 0.0414 e. The van der Waals surface area contributed by atoms with Crippen LogP contribution in [0.1, 0.15) is 19.8 Å². The lowest BCUT2D eigenvalue weighted by Gasteiger charge is -1.92. The first-order valence-electron chi connectivity index (χ1n) is 2.42. The van der Waals surface area contributed by atoms with Crippen LogP contribution in [-0.4, -0.2) is 12.2 Å². The maximum absolute atomic E-state index is 9.49. The van der Waals surface area contributed by atoms with E-state index >= 15 is 0 Å². The first-order valence-corrected chi connectivity index (χ1v) is 3.31. The molecule has 0 rings (SSSR count). The van der Waals surface area contributed by atoms with Gasteiger partial charge in [-0.15, -0.1) is 0 Å². The Morgan fingerprint density at radius 3 is 2.00 bits per heavy atom. The molecule has 0 amide bonds. The molecule has 0 fully saturated rings. The fourth-order valence-electron chi connectivity index (χ4n) is 0.204. The van der Waals surface area contributed by atoms with Crippen molar-refractivity contribution in [3.63, 3.8) is 0 Å². The minimum atomic E-state index is -0.961. The van der Waals surface area contributed by atoms with Gasteiger partial charge in [0.15, 0.2) is 0 Å². The first-order chi connectivity index (χ1) is 3.77. The Morgan fingerprint density at radius 2 is 2.00 bits per heavy atom. The Hall–Kier alpha value is -0.180. The fraction of sp³-hybridized carbons (Fsp3) is 0.800. The Kier molecular flexibility index (Phi) is 13.3. The summed E-state index contributed by atoms with van der Waals surface area (Å²) in [5.41, 5.74) is 0. The van der Waals surface area contributed by atoms with E-state index in [0.29, 0.717) is 6.42 Å². The van der Waals surface area contributed by atoms with Crippen molar-refractivity contribution in [2.75, 3.05) is 6.26 Å². The van der Waals surface area contributed by atoms with Crippen LogP contribution < -0.4 is 5.11 Å². The molecule has 50 valence electrons. The molecule has 0 aliphatic carbocycles. The molecule has 2 nitrogen and oxygen atoms in total. The molecule has 8 heavy (non-hydrogen) atoms. The van der Waals surface area contributed by atoms with Crippen molar-refractivity contribution < 1.29 is 9.90 Å². The van der Waals surface area contributed by atoms with Gasteiger partial charge in [-0.25, -0.2) is 0 Å². The molecule has 0 aliphatic heterocycles. The van der Waals surface area contributed by atoms with Gasteiger partial charge in [0, 0.05) is 5.97 Å². The molecule has 0 saturated carbocycles. The van der Waals surface area contributed by atoms with Gasteiger partial charge in [0.2, 0.25) is 0 Å². The van der Waals surface area contributed by atoms with Gasteiger partial charge in [0.25, 0.3) is 0 Å². The van der Waals surface area contributed by atoms with Gasteiger partial charge in [-0.2, -0.15) is 12.6 Å². The molecule has 3 heteroatoms. The first kappa shape index (κ1) is 10.7. The molecule has 0 radical (unpaired) electrons. The standard InChI is InChI=1S/C4H8O2.CH4S/c1-2-3-4(5)6;1-2/h2-3H2,1H3,(H,5,6);2H,1H3/p-1. The molecule has 0 unspecified atom stereocenters. The number of carboxylic acids is 1. The molecule has 0 aromatic rings.